The lowest BCUT2D eigenvalue weighted by molar-refractivity contribution is -0.144. The summed E-state index contributed by atoms with van der Waals surface area (Å²) < 4.78 is 11.1. The van der Waals surface area contributed by atoms with E-state index in [2.05, 4.69) is 0 Å². The van der Waals surface area contributed by atoms with Gasteiger partial charge in [0.25, 0.3) is 5.91 Å². The van der Waals surface area contributed by atoms with Crippen molar-refractivity contribution < 1.29 is 19.1 Å². The standard InChI is InChI=1S/C16H21NO4/c1-11-10-17(7-8-20-11)16(19)13(3)21-15-6-4-5-14(9-15)12(2)18/h4-6,9,11,13H,7-8,10H2,1-3H3. The number of rotatable bonds is 4. The third kappa shape index (κ3) is 4.04. The Hall–Kier alpha value is -1.88. The second kappa shape index (κ2) is 6.72. The summed E-state index contributed by atoms with van der Waals surface area (Å²) in [6.07, 6.45) is -0.534. The Labute approximate surface area is 124 Å². The van der Waals surface area contributed by atoms with Crippen LogP contribution in [0.25, 0.3) is 0 Å². The number of hydrogen-bond acceptors (Lipinski definition) is 4. The second-order valence-corrected chi connectivity index (χ2v) is 5.31. The molecule has 1 aliphatic heterocycles. The van der Waals surface area contributed by atoms with Crippen molar-refractivity contribution >= 4 is 11.7 Å². The number of ether oxygens (including phenoxy) is 2. The maximum atomic E-state index is 12.3. The van der Waals surface area contributed by atoms with E-state index < -0.39 is 6.10 Å². The van der Waals surface area contributed by atoms with Crippen LogP contribution >= 0.6 is 0 Å². The number of ketones is 1. The van der Waals surface area contributed by atoms with Crippen LogP contribution in [0.3, 0.4) is 0 Å². The number of morpholine rings is 1. The maximum Gasteiger partial charge on any atom is 0.263 e. The summed E-state index contributed by atoms with van der Waals surface area (Å²) in [5.41, 5.74) is 0.576. The zero-order chi connectivity index (χ0) is 15.4. The smallest absolute Gasteiger partial charge is 0.263 e. The van der Waals surface area contributed by atoms with Crippen LogP contribution in [0.2, 0.25) is 0 Å². The molecule has 2 unspecified atom stereocenters. The summed E-state index contributed by atoms with van der Waals surface area (Å²) in [4.78, 5) is 25.5. The van der Waals surface area contributed by atoms with E-state index in [-0.39, 0.29) is 17.8 Å². The van der Waals surface area contributed by atoms with Crippen molar-refractivity contribution in [2.24, 2.45) is 0 Å². The molecule has 1 amide bonds. The van der Waals surface area contributed by atoms with Crippen LogP contribution in [0, 0.1) is 0 Å². The normalized spacial score (nSPS) is 20.0. The highest BCUT2D eigenvalue weighted by Gasteiger charge is 2.26. The molecule has 1 saturated heterocycles. The van der Waals surface area contributed by atoms with Gasteiger partial charge in [-0.2, -0.15) is 0 Å². The SMILES string of the molecule is CC(=O)c1cccc(OC(C)C(=O)N2CCOC(C)C2)c1. The molecule has 1 aliphatic rings. The Morgan fingerprint density at radius 2 is 2.19 bits per heavy atom. The first-order valence-corrected chi connectivity index (χ1v) is 7.15. The van der Waals surface area contributed by atoms with Crippen LogP contribution in [0.5, 0.6) is 5.75 Å². The Morgan fingerprint density at radius 1 is 1.43 bits per heavy atom. The summed E-state index contributed by atoms with van der Waals surface area (Å²) in [5.74, 6) is 0.449. The predicted octanol–water partition coefficient (Wildman–Crippen LogP) is 1.90. The fourth-order valence-electron chi connectivity index (χ4n) is 2.32. The number of hydrogen-bond donors (Lipinski definition) is 0. The molecule has 5 nitrogen and oxygen atoms in total. The highest BCUT2D eigenvalue weighted by molar-refractivity contribution is 5.94. The van der Waals surface area contributed by atoms with Gasteiger partial charge >= 0.3 is 0 Å². The maximum absolute atomic E-state index is 12.3. The number of Topliss-reactive ketones (excluding diaryl/α,β-unsaturated/α-hetero) is 1. The lowest BCUT2D eigenvalue weighted by Crippen LogP contribution is -2.49. The molecule has 0 bridgehead atoms. The monoisotopic (exact) mass is 291 g/mol. The van der Waals surface area contributed by atoms with Crippen molar-refractivity contribution in [3.63, 3.8) is 0 Å². The molecule has 1 aromatic rings. The summed E-state index contributed by atoms with van der Waals surface area (Å²) in [6, 6.07) is 6.89. The van der Waals surface area contributed by atoms with Gasteiger partial charge in [0.15, 0.2) is 11.9 Å². The zero-order valence-electron chi connectivity index (χ0n) is 12.7. The number of carbonyl (C=O) groups is 2. The third-order valence-corrected chi connectivity index (χ3v) is 3.45. The molecular weight excluding hydrogens is 270 g/mol. The van der Waals surface area contributed by atoms with E-state index in [1.54, 1.807) is 36.1 Å². The van der Waals surface area contributed by atoms with Crippen LogP contribution in [0.1, 0.15) is 31.1 Å². The molecule has 0 aliphatic carbocycles. The average molecular weight is 291 g/mol. The number of benzene rings is 1. The van der Waals surface area contributed by atoms with Gasteiger partial charge in [-0.15, -0.1) is 0 Å². The highest BCUT2D eigenvalue weighted by Crippen LogP contribution is 2.17. The molecule has 0 N–H and O–H groups in total. The molecule has 5 heteroatoms. The molecule has 1 heterocycles. The summed E-state index contributed by atoms with van der Waals surface area (Å²) in [6.45, 7) is 6.90. The summed E-state index contributed by atoms with van der Waals surface area (Å²) in [7, 11) is 0. The molecular formula is C16H21NO4. The lowest BCUT2D eigenvalue weighted by Gasteiger charge is -2.32. The second-order valence-electron chi connectivity index (χ2n) is 5.31. The molecule has 0 spiro atoms. The number of amides is 1. The minimum Gasteiger partial charge on any atom is -0.481 e. The van der Waals surface area contributed by atoms with Gasteiger partial charge in [-0.3, -0.25) is 9.59 Å². The Bertz CT molecular complexity index is 529. The summed E-state index contributed by atoms with van der Waals surface area (Å²) in [5, 5.41) is 0. The van der Waals surface area contributed by atoms with Crippen molar-refractivity contribution in [1.82, 2.24) is 4.90 Å². The minimum atomic E-state index is -0.586. The van der Waals surface area contributed by atoms with E-state index >= 15 is 0 Å². The van der Waals surface area contributed by atoms with Crippen molar-refractivity contribution in [2.75, 3.05) is 19.7 Å². The number of nitrogens with zero attached hydrogens (tertiary/aromatic N) is 1. The van der Waals surface area contributed by atoms with Gasteiger partial charge in [0.1, 0.15) is 5.75 Å². The highest BCUT2D eigenvalue weighted by atomic mass is 16.5. The van der Waals surface area contributed by atoms with Crippen molar-refractivity contribution in [1.29, 1.82) is 0 Å². The molecule has 1 fully saturated rings. The van der Waals surface area contributed by atoms with Crippen LogP contribution in [-0.4, -0.2) is 48.5 Å². The molecule has 2 atom stereocenters. The Balaban J connectivity index is 2.00. The fraction of sp³-hybridized carbons (Fsp3) is 0.500. The predicted molar refractivity (Wildman–Crippen MR) is 78.5 cm³/mol. The van der Waals surface area contributed by atoms with Gasteiger partial charge in [0.2, 0.25) is 0 Å². The molecule has 1 aromatic carbocycles. The average Bonchev–Trinajstić information content (AvgIpc) is 2.46. The van der Waals surface area contributed by atoms with Crippen LogP contribution in [0.4, 0.5) is 0 Å². The van der Waals surface area contributed by atoms with Crippen LogP contribution < -0.4 is 4.74 Å². The van der Waals surface area contributed by atoms with E-state index in [1.165, 1.54) is 6.92 Å². The van der Waals surface area contributed by atoms with Crippen molar-refractivity contribution in [3.8, 4) is 5.75 Å². The van der Waals surface area contributed by atoms with Gasteiger partial charge in [-0.1, -0.05) is 12.1 Å². The van der Waals surface area contributed by atoms with Crippen LogP contribution in [-0.2, 0) is 9.53 Å². The van der Waals surface area contributed by atoms with Gasteiger partial charge in [-0.25, -0.2) is 0 Å². The van der Waals surface area contributed by atoms with E-state index in [0.717, 1.165) is 0 Å². The van der Waals surface area contributed by atoms with E-state index in [1.807, 2.05) is 6.92 Å². The first-order chi connectivity index (χ1) is 9.97. The molecule has 0 aromatic heterocycles. The molecule has 21 heavy (non-hydrogen) atoms. The third-order valence-electron chi connectivity index (χ3n) is 3.45. The minimum absolute atomic E-state index is 0.0265. The Kier molecular flexibility index (Phi) is 4.96. The van der Waals surface area contributed by atoms with Crippen molar-refractivity contribution in [3.05, 3.63) is 29.8 Å². The van der Waals surface area contributed by atoms with Gasteiger partial charge in [-0.05, 0) is 32.9 Å². The van der Waals surface area contributed by atoms with Crippen molar-refractivity contribution in [2.45, 2.75) is 33.0 Å². The van der Waals surface area contributed by atoms with Gasteiger partial charge in [0, 0.05) is 18.7 Å². The molecule has 0 radical (unpaired) electrons. The van der Waals surface area contributed by atoms with E-state index in [4.69, 9.17) is 9.47 Å². The topological polar surface area (TPSA) is 55.8 Å². The molecule has 114 valence electrons. The number of carbonyl (C=O) groups excluding carboxylic acids is 2. The Morgan fingerprint density at radius 3 is 2.86 bits per heavy atom. The van der Waals surface area contributed by atoms with E-state index in [9.17, 15) is 9.59 Å². The van der Waals surface area contributed by atoms with Gasteiger partial charge in [0.05, 0.1) is 12.7 Å². The lowest BCUT2D eigenvalue weighted by atomic mass is 10.1. The van der Waals surface area contributed by atoms with Gasteiger partial charge < -0.3 is 14.4 Å². The largest absolute Gasteiger partial charge is 0.481 e. The van der Waals surface area contributed by atoms with E-state index in [0.29, 0.717) is 31.0 Å². The van der Waals surface area contributed by atoms with Crippen LogP contribution in [0.15, 0.2) is 24.3 Å². The first-order valence-electron chi connectivity index (χ1n) is 7.15. The zero-order valence-corrected chi connectivity index (χ0v) is 12.7. The fourth-order valence-corrected chi connectivity index (χ4v) is 2.32. The first kappa shape index (κ1) is 15.5. The summed E-state index contributed by atoms with van der Waals surface area (Å²) >= 11 is 0. The molecule has 2 rings (SSSR count). The molecule has 0 saturated carbocycles. The quantitative estimate of drug-likeness (QED) is 0.795.